The van der Waals surface area contributed by atoms with Gasteiger partial charge in [-0.2, -0.15) is 0 Å². The number of hydrogen-bond acceptors (Lipinski definition) is 7. The lowest BCUT2D eigenvalue weighted by Crippen LogP contribution is -2.27. The molecule has 0 saturated heterocycles. The fourth-order valence-electron chi connectivity index (χ4n) is 3.49. The first-order valence-corrected chi connectivity index (χ1v) is 9.02. The van der Waals surface area contributed by atoms with Gasteiger partial charge in [-0.1, -0.05) is 12.2 Å². The summed E-state index contributed by atoms with van der Waals surface area (Å²) in [6, 6.07) is 0. The molecule has 4 atom stereocenters. The van der Waals surface area contributed by atoms with Gasteiger partial charge in [0.1, 0.15) is 6.10 Å². The highest BCUT2D eigenvalue weighted by Crippen LogP contribution is 2.41. The van der Waals surface area contributed by atoms with Gasteiger partial charge in [-0.25, -0.2) is 0 Å². The molecule has 1 unspecified atom stereocenters. The molecule has 1 N–H and O–H groups in total. The zero-order valence-electron chi connectivity index (χ0n) is 15.8. The molecule has 26 heavy (non-hydrogen) atoms. The van der Waals surface area contributed by atoms with E-state index in [0.717, 1.165) is 6.42 Å². The molecule has 0 amide bonds. The van der Waals surface area contributed by atoms with Gasteiger partial charge < -0.3 is 19.3 Å². The first-order chi connectivity index (χ1) is 12.4. The summed E-state index contributed by atoms with van der Waals surface area (Å²) in [6.45, 7) is 2.89. The SMILES string of the molecule is COC(=O)CCC/C=C\C[C@@H]1C(OC(C)=O)C[C@H](COC(C)=O)[C@H]1CO. The summed E-state index contributed by atoms with van der Waals surface area (Å²) in [5.74, 6) is -1.10. The Labute approximate surface area is 154 Å². The van der Waals surface area contributed by atoms with Crippen LogP contribution < -0.4 is 0 Å². The third-order valence-electron chi connectivity index (χ3n) is 4.75. The van der Waals surface area contributed by atoms with Crippen molar-refractivity contribution in [3.63, 3.8) is 0 Å². The minimum Gasteiger partial charge on any atom is -0.469 e. The summed E-state index contributed by atoms with van der Waals surface area (Å²) in [4.78, 5) is 33.5. The molecule has 7 nitrogen and oxygen atoms in total. The van der Waals surface area contributed by atoms with Gasteiger partial charge in [0.05, 0.1) is 13.7 Å². The van der Waals surface area contributed by atoms with Gasteiger partial charge in [0.15, 0.2) is 0 Å². The van der Waals surface area contributed by atoms with Crippen LogP contribution in [0.5, 0.6) is 0 Å². The third kappa shape index (κ3) is 7.56. The van der Waals surface area contributed by atoms with Crippen LogP contribution in [0.1, 0.15) is 46.0 Å². The summed E-state index contributed by atoms with van der Waals surface area (Å²) in [5.41, 5.74) is 0. The van der Waals surface area contributed by atoms with E-state index in [1.807, 2.05) is 12.2 Å². The molecule has 0 aromatic rings. The van der Waals surface area contributed by atoms with Crippen LogP contribution in [0.4, 0.5) is 0 Å². The van der Waals surface area contributed by atoms with E-state index in [4.69, 9.17) is 9.47 Å². The molecular weight excluding hydrogens is 340 g/mol. The quantitative estimate of drug-likeness (QED) is 0.272. The highest BCUT2D eigenvalue weighted by Gasteiger charge is 2.44. The van der Waals surface area contributed by atoms with Gasteiger partial charge in [-0.05, 0) is 31.6 Å². The van der Waals surface area contributed by atoms with E-state index in [1.54, 1.807) is 0 Å². The maximum Gasteiger partial charge on any atom is 0.305 e. The Morgan fingerprint density at radius 2 is 1.85 bits per heavy atom. The summed E-state index contributed by atoms with van der Waals surface area (Å²) < 4.78 is 15.1. The molecule has 1 aliphatic carbocycles. The van der Waals surface area contributed by atoms with Crippen LogP contribution in [-0.2, 0) is 28.6 Å². The predicted octanol–water partition coefficient (Wildman–Crippen LogP) is 2.02. The van der Waals surface area contributed by atoms with Crippen LogP contribution in [0.15, 0.2) is 12.2 Å². The average molecular weight is 370 g/mol. The number of esters is 3. The highest BCUT2D eigenvalue weighted by molar-refractivity contribution is 5.69. The molecule has 0 aromatic carbocycles. The Morgan fingerprint density at radius 3 is 2.42 bits per heavy atom. The normalized spacial score (nSPS) is 25.2. The van der Waals surface area contributed by atoms with E-state index in [-0.39, 0.29) is 55.0 Å². The van der Waals surface area contributed by atoms with Crippen molar-refractivity contribution in [3.8, 4) is 0 Å². The lowest BCUT2D eigenvalue weighted by atomic mass is 9.87. The first-order valence-electron chi connectivity index (χ1n) is 9.02. The number of ether oxygens (including phenoxy) is 3. The van der Waals surface area contributed by atoms with Crippen LogP contribution in [0.25, 0.3) is 0 Å². The van der Waals surface area contributed by atoms with E-state index < -0.39 is 0 Å². The zero-order valence-corrected chi connectivity index (χ0v) is 15.8. The van der Waals surface area contributed by atoms with E-state index in [0.29, 0.717) is 25.7 Å². The Bertz CT molecular complexity index is 500. The molecule has 7 heteroatoms. The Morgan fingerprint density at radius 1 is 1.12 bits per heavy atom. The minimum atomic E-state index is -0.361. The van der Waals surface area contributed by atoms with Crippen molar-refractivity contribution in [2.24, 2.45) is 17.8 Å². The molecule has 1 saturated carbocycles. The molecule has 0 heterocycles. The molecular formula is C19H30O7. The van der Waals surface area contributed by atoms with Crippen LogP contribution in [0, 0.1) is 17.8 Å². The second kappa shape index (κ2) is 11.7. The average Bonchev–Trinajstić information content (AvgIpc) is 2.91. The fraction of sp³-hybridized carbons (Fsp3) is 0.737. The molecule has 1 aliphatic rings. The van der Waals surface area contributed by atoms with Gasteiger partial charge >= 0.3 is 17.9 Å². The second-order valence-electron chi connectivity index (χ2n) is 6.63. The predicted molar refractivity (Wildman–Crippen MR) is 94.0 cm³/mol. The van der Waals surface area contributed by atoms with Crippen LogP contribution in [0.3, 0.4) is 0 Å². The summed E-state index contributed by atoms with van der Waals surface area (Å²) in [7, 11) is 1.37. The minimum absolute atomic E-state index is 0.0266. The Kier molecular flexibility index (Phi) is 9.95. The van der Waals surface area contributed by atoms with Crippen LogP contribution in [-0.4, -0.2) is 49.4 Å². The topological polar surface area (TPSA) is 99.1 Å². The van der Waals surface area contributed by atoms with Crippen molar-refractivity contribution in [1.29, 1.82) is 0 Å². The number of rotatable bonds is 10. The maximum absolute atomic E-state index is 11.4. The van der Waals surface area contributed by atoms with Crippen molar-refractivity contribution in [2.75, 3.05) is 20.3 Å². The summed E-state index contributed by atoms with van der Waals surface area (Å²) >= 11 is 0. The van der Waals surface area contributed by atoms with Gasteiger partial charge in [-0.15, -0.1) is 0 Å². The smallest absolute Gasteiger partial charge is 0.305 e. The first kappa shape index (κ1) is 22.2. The number of aliphatic hydroxyl groups is 1. The second-order valence-corrected chi connectivity index (χ2v) is 6.63. The molecule has 1 fully saturated rings. The van der Waals surface area contributed by atoms with E-state index in [2.05, 4.69) is 4.74 Å². The molecule has 148 valence electrons. The number of allylic oxidation sites excluding steroid dienone is 2. The molecule has 0 bridgehead atoms. The van der Waals surface area contributed by atoms with Crippen molar-refractivity contribution in [3.05, 3.63) is 12.2 Å². The third-order valence-corrected chi connectivity index (χ3v) is 4.75. The molecule has 0 spiro atoms. The van der Waals surface area contributed by atoms with Gasteiger partial charge in [0.25, 0.3) is 0 Å². The number of aliphatic hydroxyl groups excluding tert-OH is 1. The largest absolute Gasteiger partial charge is 0.469 e. The Hall–Kier alpha value is -1.89. The summed E-state index contributed by atoms with van der Waals surface area (Å²) in [6.07, 6.45) is 6.74. The van der Waals surface area contributed by atoms with E-state index >= 15 is 0 Å². The molecule has 1 rings (SSSR count). The van der Waals surface area contributed by atoms with Crippen molar-refractivity contribution in [2.45, 2.75) is 52.1 Å². The standard InChI is InChI=1S/C19H30O7/c1-13(21)25-12-15-10-18(26-14(2)22)16(17(15)11-20)8-6-4-5-7-9-19(23)24-3/h4,6,15-18,20H,5,7-12H2,1-3H3/b6-4-/t15-,16+,17-,18?/m1/s1. The summed E-state index contributed by atoms with van der Waals surface area (Å²) in [5, 5.41) is 9.80. The maximum atomic E-state index is 11.4. The lowest BCUT2D eigenvalue weighted by Gasteiger charge is -2.23. The lowest BCUT2D eigenvalue weighted by molar-refractivity contribution is -0.149. The van der Waals surface area contributed by atoms with Crippen LogP contribution in [0.2, 0.25) is 0 Å². The highest BCUT2D eigenvalue weighted by atomic mass is 16.5. The van der Waals surface area contributed by atoms with Crippen molar-refractivity contribution < 1.29 is 33.7 Å². The van der Waals surface area contributed by atoms with E-state index in [9.17, 15) is 19.5 Å². The Balaban J connectivity index is 2.61. The van der Waals surface area contributed by atoms with E-state index in [1.165, 1.54) is 21.0 Å². The van der Waals surface area contributed by atoms with Gasteiger partial charge in [0, 0.05) is 38.7 Å². The number of carbonyl (C=O) groups is 3. The number of unbranched alkanes of at least 4 members (excludes halogenated alkanes) is 1. The number of carbonyl (C=O) groups excluding carboxylic acids is 3. The fourth-order valence-corrected chi connectivity index (χ4v) is 3.49. The van der Waals surface area contributed by atoms with Crippen molar-refractivity contribution in [1.82, 2.24) is 0 Å². The van der Waals surface area contributed by atoms with Crippen molar-refractivity contribution >= 4 is 17.9 Å². The monoisotopic (exact) mass is 370 g/mol. The zero-order chi connectivity index (χ0) is 19.5. The number of hydrogen-bond donors (Lipinski definition) is 1. The van der Waals surface area contributed by atoms with Gasteiger partial charge in [0.2, 0.25) is 0 Å². The molecule has 0 aliphatic heterocycles. The van der Waals surface area contributed by atoms with Gasteiger partial charge in [-0.3, -0.25) is 14.4 Å². The molecule has 0 aromatic heterocycles. The van der Waals surface area contributed by atoms with Crippen LogP contribution >= 0.6 is 0 Å². The number of methoxy groups -OCH3 is 1. The molecule has 0 radical (unpaired) electrons.